The van der Waals surface area contributed by atoms with Gasteiger partial charge in [0.1, 0.15) is 11.9 Å². The topological polar surface area (TPSA) is 79.9 Å². The normalized spacial score (nSPS) is 20.7. The molecule has 0 radical (unpaired) electrons. The zero-order valence-corrected chi connectivity index (χ0v) is 26.3. The van der Waals surface area contributed by atoms with E-state index in [4.69, 9.17) is 9.47 Å². The fourth-order valence-corrected chi connectivity index (χ4v) is 7.65. The van der Waals surface area contributed by atoms with Crippen LogP contribution in [0.3, 0.4) is 0 Å². The lowest BCUT2D eigenvalue weighted by molar-refractivity contribution is 0.0979. The minimum atomic E-state index is -1.49. The first-order valence-electron chi connectivity index (χ1n) is 14.7. The second-order valence-corrected chi connectivity index (χ2v) is 13.4. The van der Waals surface area contributed by atoms with Gasteiger partial charge in [-0.25, -0.2) is 4.79 Å². The highest BCUT2D eigenvalue weighted by Crippen LogP contribution is 2.61. The van der Waals surface area contributed by atoms with E-state index in [-0.39, 0.29) is 17.6 Å². The van der Waals surface area contributed by atoms with Gasteiger partial charge in [0.05, 0.1) is 12.6 Å². The van der Waals surface area contributed by atoms with E-state index in [2.05, 4.69) is 53.7 Å². The van der Waals surface area contributed by atoms with Crippen molar-refractivity contribution >= 4 is 31.9 Å². The van der Waals surface area contributed by atoms with E-state index in [9.17, 15) is 9.59 Å². The van der Waals surface area contributed by atoms with Gasteiger partial charge in [0, 0.05) is 36.8 Å². The fourth-order valence-electron chi connectivity index (χ4n) is 6.24. The van der Waals surface area contributed by atoms with Crippen molar-refractivity contribution in [2.45, 2.75) is 64.5 Å². The number of likely N-dealkylation sites (N-methyl/N-ethyl adjacent to an activating group) is 1. The molecule has 42 heavy (non-hydrogen) atoms. The van der Waals surface area contributed by atoms with Crippen LogP contribution in [0.1, 0.15) is 61.0 Å². The molecule has 3 unspecified atom stereocenters. The van der Waals surface area contributed by atoms with Gasteiger partial charge in [0.15, 0.2) is 8.57 Å². The Morgan fingerprint density at radius 1 is 1.24 bits per heavy atom. The quantitative estimate of drug-likeness (QED) is 0.368. The average molecular weight is 584 g/mol. The highest BCUT2D eigenvalue weighted by atomic mass is 28.2. The summed E-state index contributed by atoms with van der Waals surface area (Å²) in [5.74, 6) is 0.852. The van der Waals surface area contributed by atoms with Crippen LogP contribution in [0.5, 0.6) is 5.75 Å². The summed E-state index contributed by atoms with van der Waals surface area (Å²) < 4.78 is 11.3. The molecule has 3 aliphatic rings. The van der Waals surface area contributed by atoms with Gasteiger partial charge in [-0.3, -0.25) is 10.1 Å². The summed E-state index contributed by atoms with van der Waals surface area (Å²) in [5, 5.41) is 4.06. The van der Waals surface area contributed by atoms with Crippen LogP contribution in [0, 0.1) is 12.8 Å². The van der Waals surface area contributed by atoms with E-state index in [1.54, 1.807) is 7.11 Å². The molecule has 5 rings (SSSR count). The molecule has 3 atom stereocenters. The van der Waals surface area contributed by atoms with Crippen LogP contribution in [0.15, 0.2) is 77.7 Å². The van der Waals surface area contributed by atoms with Crippen LogP contribution in [-0.4, -0.2) is 57.4 Å². The number of nitrogens with one attached hydrogen (secondary N) is 2. The molecule has 0 bridgehead atoms. The number of hydrogen-bond donors (Lipinski definition) is 2. The third kappa shape index (κ3) is 5.86. The minimum absolute atomic E-state index is 0.0476. The number of allylic oxidation sites excluding steroid dienone is 1. The van der Waals surface area contributed by atoms with E-state index < -0.39 is 14.7 Å². The first kappa shape index (κ1) is 29.6. The number of rotatable bonds is 11. The molecule has 2 aromatic rings. The van der Waals surface area contributed by atoms with E-state index in [1.807, 2.05) is 56.3 Å². The number of carbonyl (C=O) groups is 2. The second-order valence-electron chi connectivity index (χ2n) is 11.6. The summed E-state index contributed by atoms with van der Waals surface area (Å²) in [5.41, 5.74) is 5.81. The maximum Gasteiger partial charge on any atom is 0.411 e. The number of methoxy groups -OCH3 is 1. The predicted octanol–water partition coefficient (Wildman–Crippen LogP) is 4.91. The molecule has 1 aliphatic heterocycles. The first-order valence-corrected chi connectivity index (χ1v) is 16.5. The van der Waals surface area contributed by atoms with Crippen molar-refractivity contribution in [3.05, 3.63) is 94.4 Å². The van der Waals surface area contributed by atoms with Crippen molar-refractivity contribution in [2.75, 3.05) is 14.2 Å². The number of alkyl carbamates (subject to hydrolysis) is 1. The van der Waals surface area contributed by atoms with Gasteiger partial charge >= 0.3 is 6.09 Å². The Morgan fingerprint density at radius 3 is 2.76 bits per heavy atom. The molecule has 2 N–H and O–H groups in total. The fraction of sp³-hybridized carbons (Fsp3) is 0.382. The van der Waals surface area contributed by atoms with Crippen molar-refractivity contribution in [3.8, 4) is 5.75 Å². The zero-order valence-electron chi connectivity index (χ0n) is 25.3. The van der Waals surface area contributed by atoms with E-state index in [0.717, 1.165) is 47.7 Å². The number of carbonyl (C=O) groups excluding carboxylic acids is 2. The number of amides is 2. The van der Waals surface area contributed by atoms with Crippen LogP contribution in [-0.2, 0) is 11.2 Å². The van der Waals surface area contributed by atoms with Crippen molar-refractivity contribution < 1.29 is 19.1 Å². The van der Waals surface area contributed by atoms with Gasteiger partial charge in [-0.1, -0.05) is 62.3 Å². The number of aryl methyl sites for hydroxylation is 1. The summed E-state index contributed by atoms with van der Waals surface area (Å²) in [4.78, 5) is 31.1. The Hall–Kier alpha value is -3.91. The van der Waals surface area contributed by atoms with Crippen molar-refractivity contribution in [1.82, 2.24) is 15.2 Å². The molecule has 8 heteroatoms. The van der Waals surface area contributed by atoms with Gasteiger partial charge in [0.2, 0.25) is 5.91 Å². The predicted molar refractivity (Wildman–Crippen MR) is 169 cm³/mol. The summed E-state index contributed by atoms with van der Waals surface area (Å²) in [6.07, 6.45) is 14.8. The summed E-state index contributed by atoms with van der Waals surface area (Å²) in [7, 11) is 2.26. The molecule has 2 amide bonds. The van der Waals surface area contributed by atoms with Gasteiger partial charge in [0.25, 0.3) is 0 Å². The minimum Gasteiger partial charge on any atom is -0.496 e. The van der Waals surface area contributed by atoms with Crippen LogP contribution in [0.2, 0.25) is 0 Å². The van der Waals surface area contributed by atoms with Gasteiger partial charge in [-0.15, -0.1) is 0 Å². The third-order valence-corrected chi connectivity index (χ3v) is 10.4. The number of nitrogens with zero attached hydrogens (tertiary/aromatic N) is 1. The zero-order chi connectivity index (χ0) is 30.0. The maximum atomic E-state index is 13.1. The SMILES string of the molecule is C=[Si](NC(=O)c1ccc(CC2=CN(C)C34CC3C=C(NC(=O)OC(C)CCCC)C=C24)c(OC)c1)c1ccccc1C. The Morgan fingerprint density at radius 2 is 2.02 bits per heavy atom. The number of ether oxygens (including phenoxy) is 2. The Bertz CT molecular complexity index is 1510. The standard InChI is InChI=1S/C34H41N3O4Si/c1-7-8-12-23(3)41-33(39)35-28-18-27-20-34(27)29(19-28)26(21-37(34)4)16-24-14-15-25(17-30(24)40-5)32(38)36-42(6)31-13-10-9-11-22(31)2/h9-11,13-15,17-19,21,23,27H,6-8,12,16,20H2,1-5H3,(H,35,39)(H,36,38). The lowest BCUT2D eigenvalue weighted by atomic mass is 9.89. The largest absolute Gasteiger partial charge is 0.496 e. The smallest absolute Gasteiger partial charge is 0.411 e. The molecule has 0 saturated heterocycles. The highest BCUT2D eigenvalue weighted by Gasteiger charge is 2.62. The van der Waals surface area contributed by atoms with Crippen LogP contribution in [0.25, 0.3) is 0 Å². The molecule has 1 saturated carbocycles. The van der Waals surface area contributed by atoms with Crippen LogP contribution < -0.4 is 20.2 Å². The second kappa shape index (κ2) is 12.1. The molecule has 0 aromatic heterocycles. The molecular formula is C34H41N3O4Si. The molecule has 1 spiro atoms. The molecular weight excluding hydrogens is 542 g/mol. The molecule has 7 nitrogen and oxygen atoms in total. The molecule has 2 aromatic carbocycles. The Balaban J connectivity index is 1.29. The Kier molecular flexibility index (Phi) is 8.55. The van der Waals surface area contributed by atoms with E-state index >= 15 is 0 Å². The lowest BCUT2D eigenvalue weighted by Crippen LogP contribution is -2.42. The first-order chi connectivity index (χ1) is 20.2. The summed E-state index contributed by atoms with van der Waals surface area (Å²) >= 11 is 0. The van der Waals surface area contributed by atoms with Crippen molar-refractivity contribution in [1.29, 1.82) is 0 Å². The van der Waals surface area contributed by atoms with Crippen LogP contribution >= 0.6 is 0 Å². The van der Waals surface area contributed by atoms with Crippen LogP contribution in [0.4, 0.5) is 4.79 Å². The van der Waals surface area contributed by atoms with E-state index in [0.29, 0.717) is 23.7 Å². The number of unbranched alkanes of at least 4 members (excludes halogenated alkanes) is 1. The third-order valence-electron chi connectivity index (χ3n) is 8.64. The number of benzene rings is 2. The van der Waals surface area contributed by atoms with Crippen molar-refractivity contribution in [3.63, 3.8) is 0 Å². The maximum absolute atomic E-state index is 13.1. The van der Waals surface area contributed by atoms with Gasteiger partial charge < -0.3 is 19.4 Å². The molecule has 1 fully saturated rings. The molecule has 1 heterocycles. The average Bonchev–Trinajstić information content (AvgIpc) is 3.65. The molecule has 220 valence electrons. The summed E-state index contributed by atoms with van der Waals surface area (Å²) in [6, 6.07) is 13.7. The molecule has 2 aliphatic carbocycles. The van der Waals surface area contributed by atoms with Crippen molar-refractivity contribution in [2.24, 2.45) is 5.92 Å². The lowest BCUT2D eigenvalue weighted by Gasteiger charge is -2.26. The highest BCUT2D eigenvalue weighted by molar-refractivity contribution is 6.75. The summed E-state index contributed by atoms with van der Waals surface area (Å²) in [6.45, 7) is 6.10. The Labute approximate surface area is 250 Å². The van der Waals surface area contributed by atoms with Gasteiger partial charge in [-0.05, 0) is 72.4 Å². The monoisotopic (exact) mass is 583 g/mol. The van der Waals surface area contributed by atoms with E-state index in [1.165, 1.54) is 11.1 Å². The van der Waals surface area contributed by atoms with Gasteiger partial charge in [-0.2, -0.15) is 0 Å². The number of hydrogen-bond acceptors (Lipinski definition) is 5.